The van der Waals surface area contributed by atoms with Gasteiger partial charge in [0.2, 0.25) is 5.91 Å². The van der Waals surface area contributed by atoms with Crippen LogP contribution in [0.2, 0.25) is 0 Å². The van der Waals surface area contributed by atoms with E-state index in [0.717, 1.165) is 50.3 Å². The zero-order chi connectivity index (χ0) is 15.0. The zero-order valence-electron chi connectivity index (χ0n) is 13.2. The minimum absolute atomic E-state index is 0.264. The molecule has 1 amide bonds. The quantitative estimate of drug-likeness (QED) is 0.828. The third-order valence-corrected chi connectivity index (χ3v) is 4.72. The van der Waals surface area contributed by atoms with Crippen molar-refractivity contribution < 1.29 is 4.79 Å². The second-order valence-electron chi connectivity index (χ2n) is 6.62. The summed E-state index contributed by atoms with van der Waals surface area (Å²) in [7, 11) is 4.01. The molecule has 1 saturated carbocycles. The molecule has 0 bridgehead atoms. The minimum Gasteiger partial charge on any atom is -0.362 e. The molecule has 0 atom stereocenters. The topological polar surface area (TPSA) is 49.3 Å². The summed E-state index contributed by atoms with van der Waals surface area (Å²) in [5, 5.41) is 0. The van der Waals surface area contributed by atoms with E-state index in [9.17, 15) is 4.79 Å². The van der Waals surface area contributed by atoms with Crippen LogP contribution in [0.15, 0.2) is 6.33 Å². The fourth-order valence-electron chi connectivity index (χ4n) is 3.48. The molecule has 0 saturated heterocycles. The van der Waals surface area contributed by atoms with Crippen molar-refractivity contribution in [1.29, 1.82) is 0 Å². The van der Waals surface area contributed by atoms with Crippen LogP contribution in [0.4, 0.5) is 5.82 Å². The van der Waals surface area contributed by atoms with Gasteiger partial charge in [0.15, 0.2) is 0 Å². The third-order valence-electron chi connectivity index (χ3n) is 4.72. The van der Waals surface area contributed by atoms with Crippen molar-refractivity contribution >= 4 is 11.7 Å². The highest BCUT2D eigenvalue weighted by atomic mass is 16.2. The number of hydrogen-bond acceptors (Lipinski definition) is 4. The van der Waals surface area contributed by atoms with Crippen molar-refractivity contribution in [1.82, 2.24) is 14.9 Å². The fraction of sp³-hybridized carbons (Fsp3) is 0.688. The van der Waals surface area contributed by atoms with Crippen molar-refractivity contribution in [2.75, 3.05) is 32.1 Å². The summed E-state index contributed by atoms with van der Waals surface area (Å²) in [5.74, 6) is 2.32. The summed E-state index contributed by atoms with van der Waals surface area (Å²) in [6.07, 6.45) is 5.46. The van der Waals surface area contributed by atoms with Gasteiger partial charge in [-0.05, 0) is 25.2 Å². The molecule has 5 heteroatoms. The number of nitrogens with zero attached hydrogens (tertiary/aromatic N) is 4. The van der Waals surface area contributed by atoms with E-state index in [-0.39, 0.29) is 5.92 Å². The SMILES string of the molecule is CC1CC(C(=O)N2CCc3ncnc(N(C)C)c3CC2)C1. The van der Waals surface area contributed by atoms with Crippen molar-refractivity contribution in [3.05, 3.63) is 17.6 Å². The molecule has 1 fully saturated rings. The van der Waals surface area contributed by atoms with Crippen LogP contribution in [0.1, 0.15) is 31.0 Å². The molecule has 114 valence electrons. The normalized spacial score (nSPS) is 24.8. The van der Waals surface area contributed by atoms with Gasteiger partial charge in [0.05, 0.1) is 5.69 Å². The summed E-state index contributed by atoms with van der Waals surface area (Å²) < 4.78 is 0. The summed E-state index contributed by atoms with van der Waals surface area (Å²) in [6, 6.07) is 0. The first-order valence-electron chi connectivity index (χ1n) is 7.85. The number of aromatic nitrogens is 2. The van der Waals surface area contributed by atoms with E-state index in [0.29, 0.717) is 11.8 Å². The van der Waals surface area contributed by atoms with Gasteiger partial charge >= 0.3 is 0 Å². The first-order chi connectivity index (χ1) is 10.1. The lowest BCUT2D eigenvalue weighted by Crippen LogP contribution is -2.42. The number of anilines is 1. The average molecular weight is 288 g/mol. The van der Waals surface area contributed by atoms with Crippen LogP contribution in [0.3, 0.4) is 0 Å². The van der Waals surface area contributed by atoms with Crippen LogP contribution in [-0.2, 0) is 17.6 Å². The molecule has 21 heavy (non-hydrogen) atoms. The van der Waals surface area contributed by atoms with E-state index in [1.807, 2.05) is 23.9 Å². The molecular weight excluding hydrogens is 264 g/mol. The van der Waals surface area contributed by atoms with E-state index in [2.05, 4.69) is 16.9 Å². The Balaban J connectivity index is 1.73. The first-order valence-corrected chi connectivity index (χ1v) is 7.85. The Morgan fingerprint density at radius 2 is 1.95 bits per heavy atom. The Morgan fingerprint density at radius 1 is 1.24 bits per heavy atom. The maximum atomic E-state index is 12.5. The Hall–Kier alpha value is -1.65. The molecule has 2 aliphatic rings. The second-order valence-corrected chi connectivity index (χ2v) is 6.62. The lowest BCUT2D eigenvalue weighted by Gasteiger charge is -2.35. The number of carbonyl (C=O) groups excluding carboxylic acids is 1. The summed E-state index contributed by atoms with van der Waals surface area (Å²) >= 11 is 0. The van der Waals surface area contributed by atoms with Gasteiger partial charge in [-0.3, -0.25) is 4.79 Å². The maximum Gasteiger partial charge on any atom is 0.225 e. The van der Waals surface area contributed by atoms with Crippen molar-refractivity contribution in [2.45, 2.75) is 32.6 Å². The Labute approximate surface area is 126 Å². The van der Waals surface area contributed by atoms with Crippen molar-refractivity contribution in [2.24, 2.45) is 11.8 Å². The summed E-state index contributed by atoms with van der Waals surface area (Å²) in [4.78, 5) is 25.4. The predicted octanol–water partition coefficient (Wildman–Crippen LogP) is 1.52. The van der Waals surface area contributed by atoms with E-state index < -0.39 is 0 Å². The lowest BCUT2D eigenvalue weighted by atomic mass is 9.75. The summed E-state index contributed by atoms with van der Waals surface area (Å²) in [6.45, 7) is 3.81. The standard InChI is InChI=1S/C16H24N4O/c1-11-8-12(9-11)16(21)20-6-4-13-14(5-7-20)17-10-18-15(13)19(2)3/h10-12H,4-9H2,1-3H3. The van der Waals surface area contributed by atoms with Gasteiger partial charge in [0, 0.05) is 45.1 Å². The van der Waals surface area contributed by atoms with E-state index in [1.165, 1.54) is 5.56 Å². The molecule has 0 spiro atoms. The van der Waals surface area contributed by atoms with E-state index in [4.69, 9.17) is 0 Å². The highest BCUT2D eigenvalue weighted by Crippen LogP contribution is 2.35. The molecule has 0 unspecified atom stereocenters. The molecule has 2 heterocycles. The van der Waals surface area contributed by atoms with Crippen LogP contribution < -0.4 is 4.90 Å². The maximum absolute atomic E-state index is 12.5. The van der Waals surface area contributed by atoms with Gasteiger partial charge in [-0.1, -0.05) is 6.92 Å². The Kier molecular flexibility index (Phi) is 3.83. The number of rotatable bonds is 2. The fourth-order valence-corrected chi connectivity index (χ4v) is 3.48. The molecule has 3 rings (SSSR count). The van der Waals surface area contributed by atoms with Gasteiger partial charge in [-0.25, -0.2) is 9.97 Å². The minimum atomic E-state index is 0.264. The number of carbonyl (C=O) groups is 1. The van der Waals surface area contributed by atoms with Crippen LogP contribution in [0, 0.1) is 11.8 Å². The molecule has 5 nitrogen and oxygen atoms in total. The van der Waals surface area contributed by atoms with Gasteiger partial charge < -0.3 is 9.80 Å². The number of amides is 1. The van der Waals surface area contributed by atoms with Crippen LogP contribution in [0.25, 0.3) is 0 Å². The Bertz CT molecular complexity index is 537. The third kappa shape index (κ3) is 2.74. The molecule has 0 aromatic carbocycles. The Morgan fingerprint density at radius 3 is 2.62 bits per heavy atom. The number of hydrogen-bond donors (Lipinski definition) is 0. The van der Waals surface area contributed by atoms with Crippen molar-refractivity contribution in [3.63, 3.8) is 0 Å². The molecular formula is C16H24N4O. The molecule has 1 aromatic heterocycles. The van der Waals surface area contributed by atoms with Crippen LogP contribution in [0.5, 0.6) is 0 Å². The monoisotopic (exact) mass is 288 g/mol. The average Bonchev–Trinajstić information content (AvgIpc) is 2.65. The molecule has 1 aliphatic heterocycles. The van der Waals surface area contributed by atoms with Crippen molar-refractivity contribution in [3.8, 4) is 0 Å². The van der Waals surface area contributed by atoms with Gasteiger partial charge in [-0.2, -0.15) is 0 Å². The largest absolute Gasteiger partial charge is 0.362 e. The molecule has 0 N–H and O–H groups in total. The summed E-state index contributed by atoms with van der Waals surface area (Å²) in [5.41, 5.74) is 2.31. The van der Waals surface area contributed by atoms with Crippen LogP contribution >= 0.6 is 0 Å². The molecule has 0 radical (unpaired) electrons. The second kappa shape index (κ2) is 5.62. The van der Waals surface area contributed by atoms with Gasteiger partial charge in [0.1, 0.15) is 12.1 Å². The highest BCUT2D eigenvalue weighted by Gasteiger charge is 2.35. The number of fused-ring (bicyclic) bond motifs is 1. The van der Waals surface area contributed by atoms with E-state index >= 15 is 0 Å². The lowest BCUT2D eigenvalue weighted by molar-refractivity contribution is -0.139. The first kappa shape index (κ1) is 14.3. The molecule has 1 aliphatic carbocycles. The predicted molar refractivity (Wildman–Crippen MR) is 82.2 cm³/mol. The van der Waals surface area contributed by atoms with Gasteiger partial charge in [0.25, 0.3) is 0 Å². The van der Waals surface area contributed by atoms with Gasteiger partial charge in [-0.15, -0.1) is 0 Å². The van der Waals surface area contributed by atoms with E-state index in [1.54, 1.807) is 6.33 Å². The van der Waals surface area contributed by atoms with Crippen LogP contribution in [-0.4, -0.2) is 48.0 Å². The zero-order valence-corrected chi connectivity index (χ0v) is 13.2. The highest BCUT2D eigenvalue weighted by molar-refractivity contribution is 5.80. The smallest absolute Gasteiger partial charge is 0.225 e. The molecule has 1 aromatic rings.